The Bertz CT molecular complexity index is 1230. The summed E-state index contributed by atoms with van der Waals surface area (Å²) in [6.45, 7) is 3.39. The molecule has 1 fully saturated rings. The number of imide groups is 1. The van der Waals surface area contributed by atoms with E-state index in [2.05, 4.69) is 9.72 Å². The van der Waals surface area contributed by atoms with Crippen LogP contribution in [0.15, 0.2) is 54.7 Å². The average molecular weight is 459 g/mol. The molecule has 1 aliphatic heterocycles. The first-order chi connectivity index (χ1) is 15.5. The minimum absolute atomic E-state index is 0.134. The normalized spacial score (nSPS) is 15.9. The lowest BCUT2D eigenvalue weighted by Gasteiger charge is -2.28. The Labute approximate surface area is 187 Å². The van der Waals surface area contributed by atoms with Crippen molar-refractivity contribution >= 4 is 28.5 Å². The van der Waals surface area contributed by atoms with Crippen LogP contribution in [0, 0.1) is 0 Å². The fourth-order valence-electron chi connectivity index (χ4n) is 3.75. The van der Waals surface area contributed by atoms with Gasteiger partial charge in [0.1, 0.15) is 17.0 Å². The number of halogens is 3. The Morgan fingerprint density at radius 1 is 1.00 bits per heavy atom. The maximum absolute atomic E-state index is 13.3. The van der Waals surface area contributed by atoms with Gasteiger partial charge in [-0.15, -0.1) is 13.2 Å². The van der Waals surface area contributed by atoms with Gasteiger partial charge in [0.2, 0.25) is 0 Å². The second kappa shape index (κ2) is 7.95. The molecule has 0 aliphatic carbocycles. The van der Waals surface area contributed by atoms with Crippen LogP contribution in [-0.4, -0.2) is 40.8 Å². The Kier molecular flexibility index (Phi) is 5.39. The van der Waals surface area contributed by atoms with Crippen molar-refractivity contribution in [1.82, 2.24) is 9.88 Å². The minimum Gasteiger partial charge on any atom is -0.497 e. The molecular weight excluding hydrogens is 439 g/mol. The lowest BCUT2D eigenvalue weighted by atomic mass is 10.0. The number of alkyl halides is 3. The lowest BCUT2D eigenvalue weighted by molar-refractivity contribution is -0.274. The number of hydrogen-bond donors (Lipinski definition) is 0. The molecule has 1 saturated heterocycles. The van der Waals surface area contributed by atoms with Crippen LogP contribution in [0.1, 0.15) is 19.4 Å². The molecule has 0 saturated carbocycles. The van der Waals surface area contributed by atoms with Crippen LogP contribution in [0.5, 0.6) is 11.5 Å². The van der Waals surface area contributed by atoms with Gasteiger partial charge in [0.05, 0.1) is 18.3 Å². The maximum Gasteiger partial charge on any atom is 0.573 e. The summed E-state index contributed by atoms with van der Waals surface area (Å²) in [4.78, 5) is 33.1. The molecule has 3 amide bonds. The molecule has 0 atom stereocenters. The molecule has 2 aromatic carbocycles. The van der Waals surface area contributed by atoms with Crippen LogP contribution in [-0.2, 0) is 11.3 Å². The van der Waals surface area contributed by atoms with Crippen molar-refractivity contribution < 1.29 is 32.2 Å². The second-order valence-electron chi connectivity index (χ2n) is 7.96. The minimum atomic E-state index is -4.84. The number of benzene rings is 2. The number of pyridine rings is 1. The summed E-state index contributed by atoms with van der Waals surface area (Å²) in [5.74, 6) is -0.291. The van der Waals surface area contributed by atoms with Gasteiger partial charge >= 0.3 is 12.4 Å². The third-order valence-electron chi connectivity index (χ3n) is 5.52. The van der Waals surface area contributed by atoms with Crippen molar-refractivity contribution in [2.24, 2.45) is 0 Å². The van der Waals surface area contributed by atoms with Crippen molar-refractivity contribution in [1.29, 1.82) is 0 Å². The molecule has 3 aromatic rings. The number of aromatic nitrogens is 1. The van der Waals surface area contributed by atoms with Crippen LogP contribution < -0.4 is 14.4 Å². The molecule has 172 valence electrons. The zero-order valence-corrected chi connectivity index (χ0v) is 18.0. The first-order valence-corrected chi connectivity index (χ1v) is 9.95. The highest BCUT2D eigenvalue weighted by atomic mass is 19.4. The highest BCUT2D eigenvalue weighted by Gasteiger charge is 2.51. The SMILES string of the molecule is COc1ccc2c(CN3C(=O)N(c4ccc(OC(F)(F)F)cc4)C(=O)C3(C)C)ccnc2c1. The zero-order chi connectivity index (χ0) is 24.0. The molecule has 33 heavy (non-hydrogen) atoms. The molecule has 0 N–H and O–H groups in total. The van der Waals surface area contributed by atoms with E-state index in [0.29, 0.717) is 11.3 Å². The van der Waals surface area contributed by atoms with Gasteiger partial charge in [-0.2, -0.15) is 0 Å². The Balaban J connectivity index is 1.64. The van der Waals surface area contributed by atoms with Gasteiger partial charge in [0.15, 0.2) is 0 Å². The molecule has 0 bridgehead atoms. The summed E-state index contributed by atoms with van der Waals surface area (Å²) < 4.78 is 46.4. The van der Waals surface area contributed by atoms with Gasteiger partial charge in [-0.3, -0.25) is 9.78 Å². The smallest absolute Gasteiger partial charge is 0.497 e. The standard InChI is InChI=1S/C23H20F3N3O4/c1-22(2)20(30)29(15-4-6-16(7-5-15)33-23(24,25)26)21(31)28(22)13-14-10-11-27-19-12-17(32-3)8-9-18(14)19/h4-12H,13H2,1-3H3. The van der Waals surface area contributed by atoms with Crippen LogP contribution >= 0.6 is 0 Å². The third-order valence-corrected chi connectivity index (χ3v) is 5.52. The lowest BCUT2D eigenvalue weighted by Crippen LogP contribution is -2.43. The monoisotopic (exact) mass is 459 g/mol. The van der Waals surface area contributed by atoms with Gasteiger partial charge < -0.3 is 14.4 Å². The van der Waals surface area contributed by atoms with E-state index in [1.54, 1.807) is 45.4 Å². The average Bonchev–Trinajstić information content (AvgIpc) is 2.92. The summed E-state index contributed by atoms with van der Waals surface area (Å²) in [7, 11) is 1.55. The topological polar surface area (TPSA) is 72.0 Å². The van der Waals surface area contributed by atoms with E-state index in [0.717, 1.165) is 28.0 Å². The molecule has 1 aliphatic rings. The van der Waals surface area contributed by atoms with Crippen molar-refractivity contribution in [2.45, 2.75) is 32.3 Å². The first-order valence-electron chi connectivity index (χ1n) is 9.95. The van der Waals surface area contributed by atoms with E-state index in [9.17, 15) is 22.8 Å². The maximum atomic E-state index is 13.3. The number of ether oxygens (including phenoxy) is 2. The number of carbonyl (C=O) groups excluding carboxylic acids is 2. The summed E-state index contributed by atoms with van der Waals surface area (Å²) >= 11 is 0. The number of amides is 3. The van der Waals surface area contributed by atoms with E-state index in [-0.39, 0.29) is 12.2 Å². The van der Waals surface area contributed by atoms with Gasteiger partial charge in [-0.25, -0.2) is 9.69 Å². The highest BCUT2D eigenvalue weighted by Crippen LogP contribution is 2.35. The third kappa shape index (κ3) is 4.15. The fourth-order valence-corrected chi connectivity index (χ4v) is 3.75. The Hall–Kier alpha value is -3.82. The highest BCUT2D eigenvalue weighted by molar-refractivity contribution is 6.23. The van der Waals surface area contributed by atoms with E-state index in [4.69, 9.17) is 4.74 Å². The van der Waals surface area contributed by atoms with Crippen molar-refractivity contribution in [3.05, 3.63) is 60.3 Å². The zero-order valence-electron chi connectivity index (χ0n) is 18.0. The van der Waals surface area contributed by atoms with Crippen molar-refractivity contribution in [3.63, 3.8) is 0 Å². The number of hydrogen-bond acceptors (Lipinski definition) is 5. The molecule has 2 heterocycles. The Morgan fingerprint density at radius 3 is 2.30 bits per heavy atom. The molecule has 7 nitrogen and oxygen atoms in total. The van der Waals surface area contributed by atoms with Crippen LogP contribution in [0.4, 0.5) is 23.7 Å². The molecule has 4 rings (SSSR count). The molecular formula is C23H20F3N3O4. The molecule has 0 spiro atoms. The van der Waals surface area contributed by atoms with E-state index < -0.39 is 29.6 Å². The number of fused-ring (bicyclic) bond motifs is 1. The van der Waals surface area contributed by atoms with Crippen molar-refractivity contribution in [2.75, 3.05) is 12.0 Å². The van der Waals surface area contributed by atoms with Crippen LogP contribution in [0.25, 0.3) is 10.9 Å². The predicted octanol–water partition coefficient (Wildman–Crippen LogP) is 4.89. The van der Waals surface area contributed by atoms with E-state index in [1.165, 1.54) is 17.0 Å². The van der Waals surface area contributed by atoms with Gasteiger partial charge in [0.25, 0.3) is 5.91 Å². The summed E-state index contributed by atoms with van der Waals surface area (Å²) in [5, 5.41) is 0.807. The van der Waals surface area contributed by atoms with Crippen molar-refractivity contribution in [3.8, 4) is 11.5 Å². The summed E-state index contributed by atoms with van der Waals surface area (Å²) in [6.07, 6.45) is -3.22. The number of anilines is 1. The molecule has 0 radical (unpaired) electrons. The van der Waals surface area contributed by atoms with Gasteiger partial charge in [-0.1, -0.05) is 0 Å². The number of nitrogens with zero attached hydrogens (tertiary/aromatic N) is 3. The van der Waals surface area contributed by atoms with E-state index in [1.807, 2.05) is 6.07 Å². The first kappa shape index (κ1) is 22.4. The summed E-state index contributed by atoms with van der Waals surface area (Å²) in [6, 6.07) is 11.2. The molecule has 10 heteroatoms. The van der Waals surface area contributed by atoms with Gasteiger partial charge in [-0.05, 0) is 61.9 Å². The second-order valence-corrected chi connectivity index (χ2v) is 7.96. The Morgan fingerprint density at radius 2 is 1.67 bits per heavy atom. The predicted molar refractivity (Wildman–Crippen MR) is 114 cm³/mol. The number of rotatable bonds is 5. The number of methoxy groups -OCH3 is 1. The largest absolute Gasteiger partial charge is 0.573 e. The molecule has 0 unspecified atom stereocenters. The quantitative estimate of drug-likeness (QED) is 0.508. The van der Waals surface area contributed by atoms with Crippen LogP contribution in [0.2, 0.25) is 0 Å². The van der Waals surface area contributed by atoms with E-state index >= 15 is 0 Å². The molecule has 1 aromatic heterocycles. The fraction of sp³-hybridized carbons (Fsp3) is 0.261. The number of carbonyl (C=O) groups is 2. The number of urea groups is 1. The summed E-state index contributed by atoms with van der Waals surface area (Å²) in [5.41, 5.74) is 0.437. The van der Waals surface area contributed by atoms with Crippen LogP contribution in [0.3, 0.4) is 0 Å². The van der Waals surface area contributed by atoms with Gasteiger partial charge in [0, 0.05) is 24.2 Å².